The van der Waals surface area contributed by atoms with Crippen molar-refractivity contribution in [1.29, 1.82) is 0 Å². The van der Waals surface area contributed by atoms with Crippen molar-refractivity contribution < 1.29 is 16.8 Å². The number of rotatable bonds is 4. The van der Waals surface area contributed by atoms with Gasteiger partial charge in [-0.25, -0.2) is 8.42 Å². The largest absolute Gasteiger partial charge is 0.282 e. The zero-order chi connectivity index (χ0) is 20.5. The molecule has 9 heteroatoms. The molecule has 0 aliphatic carbocycles. The van der Waals surface area contributed by atoms with Crippen molar-refractivity contribution in [3.05, 3.63) is 29.8 Å². The minimum Gasteiger partial charge on any atom is -0.207 e. The van der Waals surface area contributed by atoms with Gasteiger partial charge in [-0.1, -0.05) is 31.5 Å². The van der Waals surface area contributed by atoms with Crippen LogP contribution in [0.15, 0.2) is 29.2 Å². The molecule has 0 aromatic heterocycles. The Morgan fingerprint density at radius 3 is 1.93 bits per heavy atom. The molecule has 158 valence electrons. The average Bonchev–Trinajstić information content (AvgIpc) is 2.88. The fraction of sp³-hybridized carbons (Fsp3) is 0.684. The molecule has 0 spiro atoms. The summed E-state index contributed by atoms with van der Waals surface area (Å²) in [7, 11) is -7.18. The molecule has 0 bridgehead atoms. The number of aryl methyl sites for hydroxylation is 1. The Morgan fingerprint density at radius 1 is 0.786 bits per heavy atom. The van der Waals surface area contributed by atoms with Crippen LogP contribution in [0.5, 0.6) is 0 Å². The van der Waals surface area contributed by atoms with Crippen LogP contribution in [0.2, 0.25) is 0 Å². The Kier molecular flexibility index (Phi) is 6.51. The molecule has 1 aromatic rings. The van der Waals surface area contributed by atoms with E-state index in [0.717, 1.165) is 12.0 Å². The molecule has 28 heavy (non-hydrogen) atoms. The maximum atomic E-state index is 13.1. The lowest BCUT2D eigenvalue weighted by Gasteiger charge is -2.37. The number of sulfonamides is 1. The first kappa shape index (κ1) is 21.7. The van der Waals surface area contributed by atoms with Gasteiger partial charge in [0.05, 0.1) is 4.90 Å². The molecule has 0 saturated carbocycles. The van der Waals surface area contributed by atoms with Crippen LogP contribution in [-0.4, -0.2) is 69.0 Å². The number of hydrogen-bond acceptors (Lipinski definition) is 4. The van der Waals surface area contributed by atoms with Gasteiger partial charge in [0.1, 0.15) is 0 Å². The molecular formula is C19H31N3O4S2. The molecule has 7 nitrogen and oxygen atoms in total. The Morgan fingerprint density at radius 2 is 1.32 bits per heavy atom. The summed E-state index contributed by atoms with van der Waals surface area (Å²) in [5, 5.41) is 0. The highest BCUT2D eigenvalue weighted by atomic mass is 32.2. The van der Waals surface area contributed by atoms with Gasteiger partial charge in [0.2, 0.25) is 10.0 Å². The fourth-order valence-electron chi connectivity index (χ4n) is 4.16. The molecule has 2 atom stereocenters. The molecular weight excluding hydrogens is 398 g/mol. The third-order valence-electron chi connectivity index (χ3n) is 5.56. The first-order chi connectivity index (χ1) is 13.1. The van der Waals surface area contributed by atoms with Crippen molar-refractivity contribution in [2.45, 2.75) is 38.5 Å². The second-order valence-electron chi connectivity index (χ2n) is 8.24. The predicted molar refractivity (Wildman–Crippen MR) is 110 cm³/mol. The molecule has 0 amide bonds. The van der Waals surface area contributed by atoms with E-state index in [1.165, 1.54) is 8.61 Å². The van der Waals surface area contributed by atoms with E-state index in [2.05, 4.69) is 13.8 Å². The van der Waals surface area contributed by atoms with Gasteiger partial charge in [0.15, 0.2) is 0 Å². The predicted octanol–water partition coefficient (Wildman–Crippen LogP) is 1.91. The van der Waals surface area contributed by atoms with Crippen molar-refractivity contribution in [3.8, 4) is 0 Å². The van der Waals surface area contributed by atoms with Gasteiger partial charge in [-0.2, -0.15) is 21.3 Å². The lowest BCUT2D eigenvalue weighted by atomic mass is 9.94. The normalized spacial score (nSPS) is 26.8. The van der Waals surface area contributed by atoms with Gasteiger partial charge in [-0.15, -0.1) is 0 Å². The summed E-state index contributed by atoms with van der Waals surface area (Å²) >= 11 is 0. The monoisotopic (exact) mass is 429 g/mol. The van der Waals surface area contributed by atoms with Crippen LogP contribution in [-0.2, 0) is 20.2 Å². The molecule has 2 heterocycles. The molecule has 2 saturated heterocycles. The summed E-state index contributed by atoms with van der Waals surface area (Å²) in [6, 6.07) is 6.78. The van der Waals surface area contributed by atoms with Crippen molar-refractivity contribution in [2.75, 3.05) is 39.3 Å². The van der Waals surface area contributed by atoms with E-state index in [4.69, 9.17) is 0 Å². The lowest BCUT2D eigenvalue weighted by molar-refractivity contribution is 0.209. The van der Waals surface area contributed by atoms with Gasteiger partial charge in [-0.05, 0) is 43.7 Å². The standard InChI is InChI=1S/C19H31N3O4S2/c1-16-5-7-19(8-6-16)27(23,24)20-9-4-10-21(12-11-20)28(25,26)22-14-17(2)13-18(3)15-22/h5-8,17-18H,4,9-15H2,1-3H3. The SMILES string of the molecule is Cc1ccc(S(=O)(=O)N2CCCN(S(=O)(=O)N3CC(C)CC(C)C3)CC2)cc1. The molecule has 2 unspecified atom stereocenters. The summed E-state index contributed by atoms with van der Waals surface area (Å²) in [6.45, 7) is 8.18. The quantitative estimate of drug-likeness (QED) is 0.733. The van der Waals surface area contributed by atoms with E-state index in [-0.39, 0.29) is 18.0 Å². The van der Waals surface area contributed by atoms with E-state index in [0.29, 0.717) is 44.4 Å². The smallest absolute Gasteiger partial charge is 0.207 e. The topological polar surface area (TPSA) is 78.0 Å². The number of benzene rings is 1. The van der Waals surface area contributed by atoms with Crippen LogP contribution in [0.4, 0.5) is 0 Å². The summed E-state index contributed by atoms with van der Waals surface area (Å²) in [6.07, 6.45) is 1.53. The van der Waals surface area contributed by atoms with Crippen LogP contribution in [0, 0.1) is 18.8 Å². The van der Waals surface area contributed by atoms with E-state index in [1.54, 1.807) is 28.6 Å². The first-order valence-corrected chi connectivity index (χ1v) is 12.8. The third-order valence-corrected chi connectivity index (χ3v) is 9.44. The summed E-state index contributed by atoms with van der Waals surface area (Å²) in [4.78, 5) is 0.257. The minimum absolute atomic E-state index is 0.175. The summed E-state index contributed by atoms with van der Waals surface area (Å²) in [5.74, 6) is 0.674. The van der Waals surface area contributed by atoms with E-state index in [9.17, 15) is 16.8 Å². The minimum atomic E-state index is -3.62. The van der Waals surface area contributed by atoms with E-state index < -0.39 is 20.2 Å². The van der Waals surface area contributed by atoms with Crippen molar-refractivity contribution in [1.82, 2.24) is 12.9 Å². The molecule has 2 fully saturated rings. The van der Waals surface area contributed by atoms with Gasteiger partial charge in [0, 0.05) is 39.3 Å². The summed E-state index contributed by atoms with van der Waals surface area (Å²) < 4.78 is 56.6. The molecule has 0 N–H and O–H groups in total. The number of nitrogens with zero attached hydrogens (tertiary/aromatic N) is 3. The van der Waals surface area contributed by atoms with Crippen LogP contribution < -0.4 is 0 Å². The zero-order valence-electron chi connectivity index (χ0n) is 16.9. The molecule has 0 radical (unpaired) electrons. The number of hydrogen-bond donors (Lipinski definition) is 0. The zero-order valence-corrected chi connectivity index (χ0v) is 18.5. The van der Waals surface area contributed by atoms with Gasteiger partial charge < -0.3 is 0 Å². The Bertz CT molecular complexity index is 874. The van der Waals surface area contributed by atoms with Gasteiger partial charge in [-0.3, -0.25) is 0 Å². The first-order valence-electron chi connectivity index (χ1n) is 9.92. The van der Waals surface area contributed by atoms with Crippen LogP contribution in [0.25, 0.3) is 0 Å². The Hall–Kier alpha value is -1.00. The van der Waals surface area contributed by atoms with Crippen molar-refractivity contribution in [2.24, 2.45) is 11.8 Å². The maximum absolute atomic E-state index is 13.1. The van der Waals surface area contributed by atoms with Crippen molar-refractivity contribution in [3.63, 3.8) is 0 Å². The third kappa shape index (κ3) is 4.59. The highest BCUT2D eigenvalue weighted by Gasteiger charge is 2.37. The molecule has 2 aliphatic rings. The Labute approximate surface area is 169 Å². The molecule has 3 rings (SSSR count). The van der Waals surface area contributed by atoms with Crippen LogP contribution in [0.1, 0.15) is 32.3 Å². The van der Waals surface area contributed by atoms with Crippen LogP contribution >= 0.6 is 0 Å². The fourth-order valence-corrected chi connectivity index (χ4v) is 7.51. The summed E-state index contributed by atoms with van der Waals surface area (Å²) in [5.41, 5.74) is 0.997. The highest BCUT2D eigenvalue weighted by Crippen LogP contribution is 2.26. The maximum Gasteiger partial charge on any atom is 0.282 e. The number of piperidine rings is 1. The van der Waals surface area contributed by atoms with Gasteiger partial charge in [0.25, 0.3) is 10.2 Å². The second kappa shape index (κ2) is 8.39. The van der Waals surface area contributed by atoms with Crippen molar-refractivity contribution >= 4 is 20.2 Å². The highest BCUT2D eigenvalue weighted by molar-refractivity contribution is 7.89. The van der Waals surface area contributed by atoms with Crippen LogP contribution in [0.3, 0.4) is 0 Å². The second-order valence-corrected chi connectivity index (χ2v) is 12.1. The molecule has 1 aromatic carbocycles. The van der Waals surface area contributed by atoms with E-state index in [1.807, 2.05) is 6.92 Å². The van der Waals surface area contributed by atoms with E-state index >= 15 is 0 Å². The average molecular weight is 430 g/mol. The lowest BCUT2D eigenvalue weighted by Crippen LogP contribution is -2.50. The van der Waals surface area contributed by atoms with Gasteiger partial charge >= 0.3 is 0 Å². The Balaban J connectivity index is 1.73. The molecule has 2 aliphatic heterocycles.